The predicted molar refractivity (Wildman–Crippen MR) is 75.5 cm³/mol. The van der Waals surface area contributed by atoms with E-state index in [1.807, 2.05) is 24.3 Å². The molecule has 0 radical (unpaired) electrons. The topological polar surface area (TPSA) is 58.2 Å². The van der Waals surface area contributed by atoms with Gasteiger partial charge in [0.05, 0.1) is 11.8 Å². The molecule has 0 aromatic heterocycles. The fourth-order valence-electron chi connectivity index (χ4n) is 2.08. The number of amides is 2. The van der Waals surface area contributed by atoms with E-state index in [2.05, 4.69) is 26.6 Å². The number of rotatable bonds is 4. The molecule has 2 fully saturated rings. The summed E-state index contributed by atoms with van der Waals surface area (Å²) >= 11 is 3.34. The summed E-state index contributed by atoms with van der Waals surface area (Å²) in [6.07, 6.45) is 2.82. The molecule has 0 bridgehead atoms. The molecule has 2 saturated carbocycles. The normalized spacial score (nSPS) is 24.7. The van der Waals surface area contributed by atoms with Gasteiger partial charge in [-0.05, 0) is 43.5 Å². The Kier molecular flexibility index (Phi) is 3.31. The molecule has 5 heteroatoms. The standard InChI is InChI=1S/C14H15BrN2O2/c15-8-1-3-9(4-2-8)16-13(18)11-7-12(11)14(19)17-10-5-6-10/h1-4,10-12H,5-7H2,(H,16,18)(H,17,19). The van der Waals surface area contributed by atoms with Gasteiger partial charge < -0.3 is 10.6 Å². The van der Waals surface area contributed by atoms with Crippen LogP contribution >= 0.6 is 15.9 Å². The molecule has 4 nitrogen and oxygen atoms in total. The van der Waals surface area contributed by atoms with Crippen LogP contribution in [0.3, 0.4) is 0 Å². The van der Waals surface area contributed by atoms with Gasteiger partial charge in [-0.1, -0.05) is 15.9 Å². The maximum atomic E-state index is 12.0. The van der Waals surface area contributed by atoms with Crippen LogP contribution in [0.15, 0.2) is 28.7 Å². The Morgan fingerprint density at radius 3 is 2.32 bits per heavy atom. The summed E-state index contributed by atoms with van der Waals surface area (Å²) in [5.74, 6) is -0.310. The van der Waals surface area contributed by atoms with E-state index in [4.69, 9.17) is 0 Å². The van der Waals surface area contributed by atoms with Gasteiger partial charge in [0, 0.05) is 16.2 Å². The number of hydrogen-bond donors (Lipinski definition) is 2. The van der Waals surface area contributed by atoms with Gasteiger partial charge in [0.1, 0.15) is 0 Å². The molecule has 0 saturated heterocycles. The minimum atomic E-state index is -0.164. The van der Waals surface area contributed by atoms with Gasteiger partial charge >= 0.3 is 0 Å². The van der Waals surface area contributed by atoms with E-state index in [0.717, 1.165) is 23.0 Å². The molecule has 2 aliphatic carbocycles. The summed E-state index contributed by atoms with van der Waals surface area (Å²) in [6.45, 7) is 0. The minimum Gasteiger partial charge on any atom is -0.353 e. The summed E-state index contributed by atoms with van der Waals surface area (Å²) in [4.78, 5) is 23.7. The van der Waals surface area contributed by atoms with Crippen LogP contribution in [-0.2, 0) is 9.59 Å². The number of carbonyl (C=O) groups excluding carboxylic acids is 2. The number of carbonyl (C=O) groups is 2. The molecule has 2 atom stereocenters. The number of halogens is 1. The zero-order chi connectivity index (χ0) is 13.4. The summed E-state index contributed by atoms with van der Waals surface area (Å²) in [5, 5.41) is 5.79. The number of anilines is 1. The summed E-state index contributed by atoms with van der Waals surface area (Å²) in [6, 6.07) is 7.79. The van der Waals surface area contributed by atoms with Crippen LogP contribution < -0.4 is 10.6 Å². The molecule has 0 spiro atoms. The second-order valence-corrected chi connectivity index (χ2v) is 6.14. The van der Waals surface area contributed by atoms with Crippen LogP contribution in [0.4, 0.5) is 5.69 Å². The Labute approximate surface area is 120 Å². The Morgan fingerprint density at radius 2 is 1.68 bits per heavy atom. The van der Waals surface area contributed by atoms with E-state index in [9.17, 15) is 9.59 Å². The first kappa shape index (κ1) is 12.7. The first-order valence-electron chi connectivity index (χ1n) is 6.50. The average Bonchev–Trinajstić information content (AvgIpc) is 3.25. The third-order valence-electron chi connectivity index (χ3n) is 3.50. The maximum Gasteiger partial charge on any atom is 0.228 e. The Bertz CT molecular complexity index is 511. The van der Waals surface area contributed by atoms with Crippen molar-refractivity contribution in [1.82, 2.24) is 5.32 Å². The minimum absolute atomic E-state index is 0.0402. The second kappa shape index (κ2) is 4.96. The lowest BCUT2D eigenvalue weighted by molar-refractivity contribution is -0.125. The largest absolute Gasteiger partial charge is 0.353 e. The highest BCUT2D eigenvalue weighted by Gasteiger charge is 2.48. The van der Waals surface area contributed by atoms with Crippen molar-refractivity contribution in [2.24, 2.45) is 11.8 Å². The van der Waals surface area contributed by atoms with Gasteiger partial charge in [0.25, 0.3) is 0 Å². The summed E-state index contributed by atoms with van der Waals surface area (Å²) < 4.78 is 0.971. The molecule has 19 heavy (non-hydrogen) atoms. The van der Waals surface area contributed by atoms with Crippen molar-refractivity contribution in [1.29, 1.82) is 0 Å². The monoisotopic (exact) mass is 322 g/mol. The second-order valence-electron chi connectivity index (χ2n) is 5.23. The van der Waals surface area contributed by atoms with Crippen molar-refractivity contribution < 1.29 is 9.59 Å². The Balaban J connectivity index is 1.51. The van der Waals surface area contributed by atoms with Crippen LogP contribution in [0.2, 0.25) is 0 Å². The highest BCUT2D eigenvalue weighted by atomic mass is 79.9. The molecule has 2 unspecified atom stereocenters. The molecule has 3 rings (SSSR count). The quantitative estimate of drug-likeness (QED) is 0.893. The lowest BCUT2D eigenvalue weighted by Gasteiger charge is -2.05. The molecule has 2 aliphatic rings. The number of benzene rings is 1. The van der Waals surface area contributed by atoms with Crippen LogP contribution in [0.5, 0.6) is 0 Å². The van der Waals surface area contributed by atoms with Crippen LogP contribution in [0.25, 0.3) is 0 Å². The van der Waals surface area contributed by atoms with Crippen molar-refractivity contribution in [3.63, 3.8) is 0 Å². The molecule has 2 amide bonds. The van der Waals surface area contributed by atoms with E-state index >= 15 is 0 Å². The van der Waals surface area contributed by atoms with Crippen molar-refractivity contribution in [2.75, 3.05) is 5.32 Å². The Hall–Kier alpha value is -1.36. The van der Waals surface area contributed by atoms with Gasteiger partial charge in [0.2, 0.25) is 11.8 Å². The highest BCUT2D eigenvalue weighted by Crippen LogP contribution is 2.40. The van der Waals surface area contributed by atoms with Crippen molar-refractivity contribution in [2.45, 2.75) is 25.3 Å². The van der Waals surface area contributed by atoms with Gasteiger partial charge in [-0.2, -0.15) is 0 Å². The van der Waals surface area contributed by atoms with Gasteiger partial charge in [-0.3, -0.25) is 9.59 Å². The zero-order valence-electron chi connectivity index (χ0n) is 10.4. The molecule has 2 N–H and O–H groups in total. The smallest absolute Gasteiger partial charge is 0.228 e. The predicted octanol–water partition coefficient (Wildman–Crippen LogP) is 2.30. The van der Waals surface area contributed by atoms with Gasteiger partial charge in [-0.25, -0.2) is 0 Å². The van der Waals surface area contributed by atoms with Crippen molar-refractivity contribution >= 4 is 33.4 Å². The van der Waals surface area contributed by atoms with E-state index in [-0.39, 0.29) is 23.7 Å². The van der Waals surface area contributed by atoms with Crippen molar-refractivity contribution in [3.8, 4) is 0 Å². The molecular formula is C14H15BrN2O2. The SMILES string of the molecule is O=C(Nc1ccc(Br)cc1)C1CC1C(=O)NC1CC1. The van der Waals surface area contributed by atoms with Crippen LogP contribution in [0.1, 0.15) is 19.3 Å². The first-order chi connectivity index (χ1) is 9.13. The molecule has 100 valence electrons. The summed E-state index contributed by atoms with van der Waals surface area (Å²) in [5.41, 5.74) is 0.765. The van der Waals surface area contributed by atoms with Gasteiger partial charge in [0.15, 0.2) is 0 Å². The highest BCUT2D eigenvalue weighted by molar-refractivity contribution is 9.10. The Morgan fingerprint density at radius 1 is 1.05 bits per heavy atom. The van der Waals surface area contributed by atoms with E-state index < -0.39 is 0 Å². The fraction of sp³-hybridized carbons (Fsp3) is 0.429. The third kappa shape index (κ3) is 3.15. The third-order valence-corrected chi connectivity index (χ3v) is 4.03. The molecule has 1 aromatic rings. The lowest BCUT2D eigenvalue weighted by Crippen LogP contribution is -2.29. The van der Waals surface area contributed by atoms with E-state index in [1.165, 1.54) is 0 Å². The molecule has 1 aromatic carbocycles. The molecule has 0 heterocycles. The van der Waals surface area contributed by atoms with Crippen LogP contribution in [0, 0.1) is 11.8 Å². The lowest BCUT2D eigenvalue weighted by atomic mass is 10.2. The zero-order valence-corrected chi connectivity index (χ0v) is 11.9. The van der Waals surface area contributed by atoms with Gasteiger partial charge in [-0.15, -0.1) is 0 Å². The number of hydrogen-bond acceptors (Lipinski definition) is 2. The fourth-order valence-corrected chi connectivity index (χ4v) is 2.34. The molecular weight excluding hydrogens is 308 g/mol. The average molecular weight is 323 g/mol. The number of nitrogens with one attached hydrogen (secondary N) is 2. The van der Waals surface area contributed by atoms with E-state index in [0.29, 0.717) is 12.5 Å². The first-order valence-corrected chi connectivity index (χ1v) is 7.29. The maximum absolute atomic E-state index is 12.0. The van der Waals surface area contributed by atoms with Crippen LogP contribution in [-0.4, -0.2) is 17.9 Å². The summed E-state index contributed by atoms with van der Waals surface area (Å²) in [7, 11) is 0. The van der Waals surface area contributed by atoms with Crippen molar-refractivity contribution in [3.05, 3.63) is 28.7 Å². The van der Waals surface area contributed by atoms with E-state index in [1.54, 1.807) is 0 Å². The molecule has 0 aliphatic heterocycles.